The van der Waals surface area contributed by atoms with Crippen LogP contribution in [0, 0.1) is 0 Å². The molecule has 6 heteroatoms. The largest absolute Gasteiger partial charge is 0.462 e. The molecule has 0 amide bonds. The third kappa shape index (κ3) is 54.1. The van der Waals surface area contributed by atoms with Gasteiger partial charge in [0, 0.05) is 19.3 Å². The smallest absolute Gasteiger partial charge is 0.306 e. The Morgan fingerprint density at radius 3 is 0.971 bits per heavy atom. The number of ether oxygens (including phenoxy) is 3. The first-order valence-corrected chi connectivity index (χ1v) is 29.3. The fraction of sp³-hybridized carbons (Fsp3) is 0.790. The molecule has 0 saturated carbocycles. The molecular formula is C62H110O6. The summed E-state index contributed by atoms with van der Waals surface area (Å²) in [6.45, 7) is 6.43. The van der Waals surface area contributed by atoms with Gasteiger partial charge in [0.05, 0.1) is 0 Å². The second kappa shape index (κ2) is 56.7. The van der Waals surface area contributed by atoms with E-state index in [9.17, 15) is 14.4 Å². The molecule has 0 radical (unpaired) electrons. The highest BCUT2D eigenvalue weighted by Gasteiger charge is 2.19. The first-order valence-electron chi connectivity index (χ1n) is 29.3. The molecular weight excluding hydrogens is 841 g/mol. The van der Waals surface area contributed by atoms with Crippen molar-refractivity contribution >= 4 is 17.9 Å². The molecule has 0 saturated heterocycles. The maximum atomic E-state index is 12.7. The van der Waals surface area contributed by atoms with Crippen molar-refractivity contribution in [2.75, 3.05) is 13.2 Å². The molecule has 1 unspecified atom stereocenters. The summed E-state index contributed by atoms with van der Waals surface area (Å²) in [5.41, 5.74) is 0. The van der Waals surface area contributed by atoms with Crippen LogP contribution in [0.2, 0.25) is 0 Å². The number of hydrogen-bond donors (Lipinski definition) is 0. The van der Waals surface area contributed by atoms with Gasteiger partial charge < -0.3 is 14.2 Å². The SMILES string of the molecule is CC/C=C\C/C=C\C/C=C\C/C=C\CCCCCCCCCCCCCCCCCCCCCCC(=O)OCC(COC(=O)CCCCCCCCC)OC(=O)CCCCCCC/C=C\CCC. The summed E-state index contributed by atoms with van der Waals surface area (Å²) >= 11 is 0. The number of hydrogen-bond acceptors (Lipinski definition) is 6. The Balaban J connectivity index is 3.90. The highest BCUT2D eigenvalue weighted by Crippen LogP contribution is 2.17. The predicted molar refractivity (Wildman–Crippen MR) is 293 cm³/mol. The molecule has 0 aliphatic rings. The van der Waals surface area contributed by atoms with Crippen molar-refractivity contribution in [3.63, 3.8) is 0 Å². The zero-order valence-electron chi connectivity index (χ0n) is 45.1. The molecule has 0 bridgehead atoms. The monoisotopic (exact) mass is 951 g/mol. The molecule has 0 aromatic heterocycles. The van der Waals surface area contributed by atoms with Gasteiger partial charge in [-0.15, -0.1) is 0 Å². The Labute approximate surface area is 421 Å². The van der Waals surface area contributed by atoms with Crippen molar-refractivity contribution in [1.29, 1.82) is 0 Å². The average Bonchev–Trinajstić information content (AvgIpc) is 3.34. The van der Waals surface area contributed by atoms with Crippen LogP contribution in [0.25, 0.3) is 0 Å². The van der Waals surface area contributed by atoms with Gasteiger partial charge in [0.1, 0.15) is 13.2 Å². The third-order valence-corrected chi connectivity index (χ3v) is 12.7. The van der Waals surface area contributed by atoms with Crippen LogP contribution in [-0.4, -0.2) is 37.2 Å². The Bertz CT molecular complexity index is 1230. The molecule has 0 spiro atoms. The fourth-order valence-electron chi connectivity index (χ4n) is 8.38. The third-order valence-electron chi connectivity index (χ3n) is 12.7. The van der Waals surface area contributed by atoms with E-state index in [0.29, 0.717) is 19.3 Å². The maximum Gasteiger partial charge on any atom is 0.306 e. The quantitative estimate of drug-likeness (QED) is 0.0262. The topological polar surface area (TPSA) is 78.9 Å². The van der Waals surface area contributed by atoms with Crippen LogP contribution >= 0.6 is 0 Å². The van der Waals surface area contributed by atoms with Crippen LogP contribution in [0.4, 0.5) is 0 Å². The second-order valence-corrected chi connectivity index (χ2v) is 19.5. The van der Waals surface area contributed by atoms with E-state index < -0.39 is 6.10 Å². The van der Waals surface area contributed by atoms with Gasteiger partial charge in [-0.1, -0.05) is 261 Å². The van der Waals surface area contributed by atoms with Gasteiger partial charge in [-0.3, -0.25) is 14.4 Å². The molecule has 0 fully saturated rings. The van der Waals surface area contributed by atoms with Crippen LogP contribution in [0.3, 0.4) is 0 Å². The molecule has 0 aliphatic heterocycles. The number of carbonyl (C=O) groups is 3. The lowest BCUT2D eigenvalue weighted by Gasteiger charge is -2.18. The summed E-state index contributed by atoms with van der Waals surface area (Å²) in [6, 6.07) is 0. The van der Waals surface area contributed by atoms with Crippen molar-refractivity contribution < 1.29 is 28.6 Å². The normalized spacial score (nSPS) is 12.5. The van der Waals surface area contributed by atoms with Gasteiger partial charge in [-0.25, -0.2) is 0 Å². The maximum absolute atomic E-state index is 12.7. The zero-order valence-corrected chi connectivity index (χ0v) is 45.1. The second-order valence-electron chi connectivity index (χ2n) is 19.5. The minimum absolute atomic E-state index is 0.0733. The first-order chi connectivity index (χ1) is 33.5. The van der Waals surface area contributed by atoms with Crippen LogP contribution in [-0.2, 0) is 28.6 Å². The molecule has 0 aromatic carbocycles. The van der Waals surface area contributed by atoms with E-state index in [1.807, 2.05) is 0 Å². The van der Waals surface area contributed by atoms with Crippen LogP contribution in [0.5, 0.6) is 0 Å². The van der Waals surface area contributed by atoms with E-state index in [4.69, 9.17) is 14.2 Å². The van der Waals surface area contributed by atoms with Crippen LogP contribution < -0.4 is 0 Å². The van der Waals surface area contributed by atoms with E-state index in [2.05, 4.69) is 81.5 Å². The number of unbranched alkanes of at least 4 members (excludes halogenated alkanes) is 32. The van der Waals surface area contributed by atoms with Crippen LogP contribution in [0.15, 0.2) is 60.8 Å². The number of allylic oxidation sites excluding steroid dienone is 10. The number of carbonyl (C=O) groups excluding carboxylic acids is 3. The predicted octanol–water partition coefficient (Wildman–Crippen LogP) is 19.6. The van der Waals surface area contributed by atoms with E-state index in [1.54, 1.807) is 0 Å². The van der Waals surface area contributed by atoms with Gasteiger partial charge >= 0.3 is 17.9 Å². The standard InChI is InChI=1S/C62H110O6/c1-4-7-10-13-16-18-20-21-22-23-24-25-26-27-28-29-30-31-32-33-34-35-36-37-38-39-40-41-42-44-46-49-52-55-61(64)67-58-59(57-66-60(63)54-51-48-45-15-12-9-6-3)68-62(65)56-53-50-47-43-19-17-14-11-8-5-2/h7,10-11,14,16,18,21-22,24-25,59H,4-6,8-9,12-13,15,17,19-20,23,26-58H2,1-3H3/b10-7-,14-11-,18-16-,22-21-,25-24-. The Hall–Kier alpha value is -2.89. The highest BCUT2D eigenvalue weighted by molar-refractivity contribution is 5.71. The molecule has 68 heavy (non-hydrogen) atoms. The summed E-state index contributed by atoms with van der Waals surface area (Å²) in [6.07, 6.45) is 71.3. The minimum Gasteiger partial charge on any atom is -0.462 e. The molecule has 0 aromatic rings. The minimum atomic E-state index is -0.770. The Kier molecular flexibility index (Phi) is 54.3. The van der Waals surface area contributed by atoms with Crippen molar-refractivity contribution in [1.82, 2.24) is 0 Å². The van der Waals surface area contributed by atoms with Crippen LogP contribution in [0.1, 0.15) is 297 Å². The van der Waals surface area contributed by atoms with Gasteiger partial charge in [0.15, 0.2) is 6.10 Å². The average molecular weight is 952 g/mol. The van der Waals surface area contributed by atoms with E-state index in [1.165, 1.54) is 154 Å². The molecule has 394 valence electrons. The number of esters is 3. The first kappa shape index (κ1) is 65.1. The fourth-order valence-corrected chi connectivity index (χ4v) is 8.38. The summed E-state index contributed by atoms with van der Waals surface area (Å²) in [4.78, 5) is 37.8. The lowest BCUT2D eigenvalue weighted by atomic mass is 10.0. The summed E-state index contributed by atoms with van der Waals surface area (Å²) in [5, 5.41) is 0. The lowest BCUT2D eigenvalue weighted by Crippen LogP contribution is -2.30. The van der Waals surface area contributed by atoms with Crippen molar-refractivity contribution in [2.45, 2.75) is 303 Å². The van der Waals surface area contributed by atoms with Crippen molar-refractivity contribution in [2.24, 2.45) is 0 Å². The van der Waals surface area contributed by atoms with Crippen molar-refractivity contribution in [3.05, 3.63) is 60.8 Å². The van der Waals surface area contributed by atoms with Crippen molar-refractivity contribution in [3.8, 4) is 0 Å². The molecule has 0 heterocycles. The van der Waals surface area contributed by atoms with E-state index >= 15 is 0 Å². The molecule has 0 N–H and O–H groups in total. The van der Waals surface area contributed by atoms with Gasteiger partial charge in [-0.2, -0.15) is 0 Å². The Morgan fingerprint density at radius 2 is 0.603 bits per heavy atom. The number of rotatable bonds is 53. The van der Waals surface area contributed by atoms with Gasteiger partial charge in [0.25, 0.3) is 0 Å². The summed E-state index contributed by atoms with van der Waals surface area (Å²) < 4.78 is 16.7. The Morgan fingerprint density at radius 1 is 0.309 bits per heavy atom. The van der Waals surface area contributed by atoms with E-state index in [-0.39, 0.29) is 31.1 Å². The summed E-state index contributed by atoms with van der Waals surface area (Å²) in [7, 11) is 0. The lowest BCUT2D eigenvalue weighted by molar-refractivity contribution is -0.167. The zero-order chi connectivity index (χ0) is 49.3. The molecule has 6 nitrogen and oxygen atoms in total. The van der Waals surface area contributed by atoms with Gasteiger partial charge in [-0.05, 0) is 77.0 Å². The summed E-state index contributed by atoms with van der Waals surface area (Å²) in [5.74, 6) is -0.881. The molecule has 0 rings (SSSR count). The highest BCUT2D eigenvalue weighted by atomic mass is 16.6. The van der Waals surface area contributed by atoms with E-state index in [0.717, 1.165) is 103 Å². The van der Waals surface area contributed by atoms with Gasteiger partial charge in [0.2, 0.25) is 0 Å². The molecule has 1 atom stereocenters. The molecule has 0 aliphatic carbocycles.